The number of carbonyl (C=O) groups excluding carboxylic acids is 1. The van der Waals surface area contributed by atoms with E-state index in [0.717, 1.165) is 5.56 Å². The number of aromatic nitrogens is 1. The topological polar surface area (TPSA) is 79.3 Å². The minimum atomic E-state index is -0.974. The van der Waals surface area contributed by atoms with E-state index in [4.69, 9.17) is 5.11 Å². The van der Waals surface area contributed by atoms with Crippen molar-refractivity contribution in [2.45, 2.75) is 12.5 Å². The van der Waals surface area contributed by atoms with E-state index in [1.807, 2.05) is 6.07 Å². The van der Waals surface area contributed by atoms with Crippen molar-refractivity contribution >= 4 is 27.8 Å². The monoisotopic (exact) mass is 348 g/mol. The number of carbonyl (C=O) groups is 2. The molecule has 0 saturated carbocycles. The number of amides is 1. The number of benzene rings is 1. The van der Waals surface area contributed by atoms with Gasteiger partial charge in [0, 0.05) is 6.20 Å². The van der Waals surface area contributed by atoms with Gasteiger partial charge in [0.1, 0.15) is 4.60 Å². The first kappa shape index (κ1) is 15.2. The van der Waals surface area contributed by atoms with Crippen molar-refractivity contribution in [3.63, 3.8) is 0 Å². The Labute approximate surface area is 130 Å². The molecule has 0 saturated heterocycles. The van der Waals surface area contributed by atoms with Gasteiger partial charge in [-0.25, -0.2) is 4.98 Å². The highest BCUT2D eigenvalue weighted by atomic mass is 79.9. The molecule has 6 heteroatoms. The summed E-state index contributed by atoms with van der Waals surface area (Å²) in [5.74, 6) is -1.33. The Morgan fingerprint density at radius 3 is 2.48 bits per heavy atom. The molecule has 1 amide bonds. The minimum absolute atomic E-state index is 0.181. The van der Waals surface area contributed by atoms with Crippen LogP contribution in [0.1, 0.15) is 28.4 Å². The van der Waals surface area contributed by atoms with Gasteiger partial charge in [-0.15, -0.1) is 0 Å². The molecule has 2 rings (SSSR count). The van der Waals surface area contributed by atoms with Crippen molar-refractivity contribution in [3.8, 4) is 0 Å². The largest absolute Gasteiger partial charge is 0.481 e. The average Bonchev–Trinajstić information content (AvgIpc) is 2.47. The lowest BCUT2D eigenvalue weighted by molar-refractivity contribution is -0.137. The molecule has 1 heterocycles. The van der Waals surface area contributed by atoms with Crippen molar-refractivity contribution in [1.29, 1.82) is 0 Å². The zero-order valence-electron chi connectivity index (χ0n) is 11.0. The Balaban J connectivity index is 2.17. The van der Waals surface area contributed by atoms with Crippen LogP contribution in [-0.2, 0) is 4.79 Å². The molecule has 21 heavy (non-hydrogen) atoms. The lowest BCUT2D eigenvalue weighted by atomic mass is 10.0. The fourth-order valence-corrected chi connectivity index (χ4v) is 2.10. The van der Waals surface area contributed by atoms with E-state index in [1.165, 1.54) is 6.20 Å². The highest BCUT2D eigenvalue weighted by Gasteiger charge is 2.18. The number of hydrogen-bond donors (Lipinski definition) is 2. The van der Waals surface area contributed by atoms with Crippen LogP contribution < -0.4 is 5.32 Å². The molecule has 1 aromatic heterocycles. The predicted octanol–water partition coefficient (Wildman–Crippen LogP) is 2.79. The van der Waals surface area contributed by atoms with Gasteiger partial charge in [-0.1, -0.05) is 30.3 Å². The van der Waals surface area contributed by atoms with Gasteiger partial charge in [0.2, 0.25) is 0 Å². The van der Waals surface area contributed by atoms with Gasteiger partial charge in [-0.3, -0.25) is 9.59 Å². The fourth-order valence-electron chi connectivity index (χ4n) is 1.86. The number of carboxylic acids is 1. The normalized spacial score (nSPS) is 11.7. The van der Waals surface area contributed by atoms with E-state index in [2.05, 4.69) is 26.2 Å². The first-order chi connectivity index (χ1) is 10.1. The average molecular weight is 349 g/mol. The summed E-state index contributed by atoms with van der Waals surface area (Å²) in [6.45, 7) is 0. The van der Waals surface area contributed by atoms with Gasteiger partial charge in [-0.05, 0) is 33.6 Å². The summed E-state index contributed by atoms with van der Waals surface area (Å²) in [6, 6.07) is 11.7. The highest BCUT2D eigenvalue weighted by Crippen LogP contribution is 2.17. The van der Waals surface area contributed by atoms with Gasteiger partial charge >= 0.3 is 5.97 Å². The summed E-state index contributed by atoms with van der Waals surface area (Å²) in [4.78, 5) is 27.1. The van der Waals surface area contributed by atoms with Crippen LogP contribution in [0.5, 0.6) is 0 Å². The molecule has 0 fully saturated rings. The highest BCUT2D eigenvalue weighted by molar-refractivity contribution is 9.10. The summed E-state index contributed by atoms with van der Waals surface area (Å²) < 4.78 is 0.629. The standard InChI is InChI=1S/C15H13BrN2O3/c16-13-7-6-11(9-17-13)15(21)18-12(8-14(19)20)10-4-2-1-3-5-10/h1-7,9,12H,8H2,(H,18,21)(H,19,20). The van der Waals surface area contributed by atoms with Crippen LogP contribution in [0.15, 0.2) is 53.3 Å². The summed E-state index contributed by atoms with van der Waals surface area (Å²) in [7, 11) is 0. The smallest absolute Gasteiger partial charge is 0.305 e. The van der Waals surface area contributed by atoms with Crippen molar-refractivity contribution in [2.24, 2.45) is 0 Å². The third-order valence-corrected chi connectivity index (χ3v) is 3.34. The zero-order valence-corrected chi connectivity index (χ0v) is 12.6. The second-order valence-corrected chi connectivity index (χ2v) is 5.22. The SMILES string of the molecule is O=C(O)CC(NC(=O)c1ccc(Br)nc1)c1ccccc1. The maximum Gasteiger partial charge on any atom is 0.305 e. The molecule has 108 valence electrons. The first-order valence-electron chi connectivity index (χ1n) is 6.25. The molecule has 1 aromatic carbocycles. The molecule has 0 aliphatic carbocycles. The Hall–Kier alpha value is -2.21. The lowest BCUT2D eigenvalue weighted by Crippen LogP contribution is -2.30. The van der Waals surface area contributed by atoms with E-state index in [9.17, 15) is 9.59 Å². The van der Waals surface area contributed by atoms with E-state index in [1.54, 1.807) is 36.4 Å². The second-order valence-electron chi connectivity index (χ2n) is 4.40. The number of pyridine rings is 1. The van der Waals surface area contributed by atoms with Crippen LogP contribution in [0, 0.1) is 0 Å². The maximum absolute atomic E-state index is 12.2. The molecule has 2 aromatic rings. The minimum Gasteiger partial charge on any atom is -0.481 e. The number of nitrogens with zero attached hydrogens (tertiary/aromatic N) is 1. The van der Waals surface area contributed by atoms with Gasteiger partial charge in [0.25, 0.3) is 5.91 Å². The number of halogens is 1. The Morgan fingerprint density at radius 1 is 1.19 bits per heavy atom. The molecule has 5 nitrogen and oxygen atoms in total. The molecule has 2 N–H and O–H groups in total. The van der Waals surface area contributed by atoms with Crippen LogP contribution in [0.25, 0.3) is 0 Å². The number of aliphatic carboxylic acids is 1. The van der Waals surface area contributed by atoms with E-state index < -0.39 is 12.0 Å². The van der Waals surface area contributed by atoms with Crippen molar-refractivity contribution in [1.82, 2.24) is 10.3 Å². The molecule has 0 bridgehead atoms. The van der Waals surface area contributed by atoms with Crippen LogP contribution in [0.2, 0.25) is 0 Å². The van der Waals surface area contributed by atoms with Crippen molar-refractivity contribution in [2.75, 3.05) is 0 Å². The first-order valence-corrected chi connectivity index (χ1v) is 7.04. The quantitative estimate of drug-likeness (QED) is 0.814. The van der Waals surface area contributed by atoms with Crippen molar-refractivity contribution < 1.29 is 14.7 Å². The third kappa shape index (κ3) is 4.39. The van der Waals surface area contributed by atoms with Crippen LogP contribution >= 0.6 is 15.9 Å². The number of rotatable bonds is 5. The zero-order chi connectivity index (χ0) is 15.2. The van der Waals surface area contributed by atoms with Crippen LogP contribution in [0.3, 0.4) is 0 Å². The summed E-state index contributed by atoms with van der Waals surface area (Å²) >= 11 is 3.19. The van der Waals surface area contributed by atoms with Crippen LogP contribution in [-0.4, -0.2) is 22.0 Å². The number of hydrogen-bond acceptors (Lipinski definition) is 3. The number of nitrogens with one attached hydrogen (secondary N) is 1. The fraction of sp³-hybridized carbons (Fsp3) is 0.133. The second kappa shape index (κ2) is 6.99. The van der Waals surface area contributed by atoms with Crippen LogP contribution in [0.4, 0.5) is 0 Å². The lowest BCUT2D eigenvalue weighted by Gasteiger charge is -2.17. The van der Waals surface area contributed by atoms with E-state index in [0.29, 0.717) is 10.2 Å². The molecule has 0 radical (unpaired) electrons. The summed E-state index contributed by atoms with van der Waals surface area (Å²) in [5, 5.41) is 11.7. The van der Waals surface area contributed by atoms with E-state index in [-0.39, 0.29) is 12.3 Å². The maximum atomic E-state index is 12.2. The van der Waals surface area contributed by atoms with Gasteiger partial charge < -0.3 is 10.4 Å². The van der Waals surface area contributed by atoms with E-state index >= 15 is 0 Å². The molecular weight excluding hydrogens is 336 g/mol. The Kier molecular flexibility index (Phi) is 5.05. The Morgan fingerprint density at radius 2 is 1.90 bits per heavy atom. The third-order valence-electron chi connectivity index (χ3n) is 2.88. The van der Waals surface area contributed by atoms with Crippen molar-refractivity contribution in [3.05, 3.63) is 64.4 Å². The molecule has 0 aliphatic rings. The summed E-state index contributed by atoms with van der Waals surface area (Å²) in [5.41, 5.74) is 1.13. The molecule has 1 unspecified atom stereocenters. The van der Waals surface area contributed by atoms with Gasteiger partial charge in [0.15, 0.2) is 0 Å². The number of carboxylic acid groups (broad SMARTS) is 1. The molecule has 0 spiro atoms. The Bertz CT molecular complexity index is 629. The summed E-state index contributed by atoms with van der Waals surface area (Å²) in [6.07, 6.45) is 1.25. The molecule has 1 atom stereocenters. The van der Waals surface area contributed by atoms with Gasteiger partial charge in [0.05, 0.1) is 18.0 Å². The molecular formula is C15H13BrN2O3. The van der Waals surface area contributed by atoms with Gasteiger partial charge in [-0.2, -0.15) is 0 Å². The molecule has 0 aliphatic heterocycles. The predicted molar refractivity (Wildman–Crippen MR) is 80.8 cm³/mol.